The highest BCUT2D eigenvalue weighted by atomic mass is 32.2. The van der Waals surface area contributed by atoms with Gasteiger partial charge in [-0.05, 0) is 73.6 Å². The summed E-state index contributed by atoms with van der Waals surface area (Å²) in [6.45, 7) is 5.87. The van der Waals surface area contributed by atoms with Crippen LogP contribution in [0.5, 0.6) is 0 Å². The van der Waals surface area contributed by atoms with Crippen LogP contribution in [-0.2, 0) is 26.0 Å². The highest BCUT2D eigenvalue weighted by Gasteiger charge is 2.40. The minimum Gasteiger partial charge on any atom is -0.325 e. The fourth-order valence-electron chi connectivity index (χ4n) is 4.25. The summed E-state index contributed by atoms with van der Waals surface area (Å²) in [5, 5.41) is 2.76. The van der Waals surface area contributed by atoms with Gasteiger partial charge in [0.05, 0.1) is 11.4 Å². The first-order valence-electron chi connectivity index (χ1n) is 11.4. The number of hydrogen-bond donors (Lipinski definition) is 1. The maximum atomic E-state index is 13.1. The van der Waals surface area contributed by atoms with Crippen molar-refractivity contribution < 1.29 is 18.0 Å². The van der Waals surface area contributed by atoms with E-state index in [2.05, 4.69) is 19.2 Å². The largest absolute Gasteiger partial charge is 0.325 e. The normalized spacial score (nSPS) is 18.0. The van der Waals surface area contributed by atoms with Gasteiger partial charge >= 0.3 is 0 Å². The molecule has 1 heterocycles. The van der Waals surface area contributed by atoms with Crippen molar-refractivity contribution in [2.45, 2.75) is 56.9 Å². The van der Waals surface area contributed by atoms with Gasteiger partial charge in [-0.15, -0.1) is 0 Å². The number of likely N-dealkylation sites (N-methyl/N-ethyl adjacent to an activating group) is 1. The molecular formula is C25H31N3O4S. The molecule has 0 aromatic heterocycles. The molecule has 0 saturated heterocycles. The fraction of sp³-hybridized carbons (Fsp3) is 0.440. The standard InChI is InChI=1S/C25H31N3O4S/c1-16(2)18-7-9-21(10-8-18)26-24(29)15-27(4)33(31,32)22-11-12-23-20(14-22)13-17(3)28(23)25(30)19-5-6-19/h7-12,14,16-17,19H,5-6,13,15H2,1-4H3,(H,26,29). The second kappa shape index (κ2) is 8.91. The van der Waals surface area contributed by atoms with Gasteiger partial charge in [-0.2, -0.15) is 4.31 Å². The average molecular weight is 470 g/mol. The predicted octanol–water partition coefficient (Wildman–Crippen LogP) is 3.76. The van der Waals surface area contributed by atoms with Crippen molar-refractivity contribution in [1.82, 2.24) is 4.31 Å². The van der Waals surface area contributed by atoms with Crippen LogP contribution < -0.4 is 10.2 Å². The molecule has 176 valence electrons. The molecule has 1 aliphatic carbocycles. The van der Waals surface area contributed by atoms with E-state index in [9.17, 15) is 18.0 Å². The van der Waals surface area contributed by atoms with E-state index in [1.807, 2.05) is 36.1 Å². The monoisotopic (exact) mass is 469 g/mol. The molecule has 0 radical (unpaired) electrons. The van der Waals surface area contributed by atoms with Gasteiger partial charge in [-0.25, -0.2) is 8.42 Å². The number of carbonyl (C=O) groups is 2. The van der Waals surface area contributed by atoms with E-state index >= 15 is 0 Å². The van der Waals surface area contributed by atoms with Crippen molar-refractivity contribution >= 4 is 33.2 Å². The van der Waals surface area contributed by atoms with E-state index in [4.69, 9.17) is 0 Å². The van der Waals surface area contributed by atoms with Crippen molar-refractivity contribution in [2.24, 2.45) is 5.92 Å². The summed E-state index contributed by atoms with van der Waals surface area (Å²) < 4.78 is 27.3. The lowest BCUT2D eigenvalue weighted by atomic mass is 10.0. The zero-order chi connectivity index (χ0) is 23.9. The van der Waals surface area contributed by atoms with E-state index in [0.717, 1.165) is 34.0 Å². The van der Waals surface area contributed by atoms with E-state index in [1.165, 1.54) is 13.1 Å². The fourth-order valence-corrected chi connectivity index (χ4v) is 5.43. The Morgan fingerprint density at radius 1 is 1.12 bits per heavy atom. The Morgan fingerprint density at radius 2 is 1.79 bits per heavy atom. The number of anilines is 2. The van der Waals surface area contributed by atoms with Gasteiger partial charge in [0.2, 0.25) is 21.8 Å². The molecule has 4 rings (SSSR count). The number of nitrogens with zero attached hydrogens (tertiary/aromatic N) is 2. The molecule has 7 nitrogen and oxygen atoms in total. The topological polar surface area (TPSA) is 86.8 Å². The predicted molar refractivity (Wildman–Crippen MR) is 129 cm³/mol. The second-order valence-corrected chi connectivity index (χ2v) is 11.5. The minimum atomic E-state index is -3.86. The highest BCUT2D eigenvalue weighted by molar-refractivity contribution is 7.89. The molecule has 1 saturated carbocycles. The quantitative estimate of drug-likeness (QED) is 0.669. The molecule has 0 spiro atoms. The van der Waals surface area contributed by atoms with E-state index < -0.39 is 15.9 Å². The number of carbonyl (C=O) groups excluding carboxylic acids is 2. The minimum absolute atomic E-state index is 0.0108. The van der Waals surface area contributed by atoms with Crippen LogP contribution in [0.15, 0.2) is 47.4 Å². The summed E-state index contributed by atoms with van der Waals surface area (Å²) in [6, 6.07) is 12.4. The summed E-state index contributed by atoms with van der Waals surface area (Å²) in [5.74, 6) is 0.217. The number of nitrogens with one attached hydrogen (secondary N) is 1. The van der Waals surface area contributed by atoms with Crippen LogP contribution in [0.25, 0.3) is 0 Å². The number of sulfonamides is 1. The van der Waals surface area contributed by atoms with Gasteiger partial charge in [-0.3, -0.25) is 9.59 Å². The number of rotatable bonds is 7. The molecule has 2 aliphatic rings. The maximum absolute atomic E-state index is 13.1. The average Bonchev–Trinajstić information content (AvgIpc) is 3.55. The van der Waals surface area contributed by atoms with Crippen LogP contribution in [0, 0.1) is 5.92 Å². The van der Waals surface area contributed by atoms with Crippen molar-refractivity contribution in [3.05, 3.63) is 53.6 Å². The molecule has 8 heteroatoms. The number of benzene rings is 2. The van der Waals surface area contributed by atoms with Gasteiger partial charge in [0.15, 0.2) is 0 Å². The van der Waals surface area contributed by atoms with Crippen molar-refractivity contribution in [3.63, 3.8) is 0 Å². The number of hydrogen-bond acceptors (Lipinski definition) is 4. The van der Waals surface area contributed by atoms with Gasteiger partial charge < -0.3 is 10.2 Å². The van der Waals surface area contributed by atoms with Crippen molar-refractivity contribution in [1.29, 1.82) is 0 Å². The molecule has 1 aliphatic heterocycles. The van der Waals surface area contributed by atoms with Crippen LogP contribution in [0.3, 0.4) is 0 Å². The molecule has 2 amide bonds. The summed E-state index contributed by atoms with van der Waals surface area (Å²) in [6.07, 6.45) is 2.48. The highest BCUT2D eigenvalue weighted by Crippen LogP contribution is 2.39. The Bertz CT molecular complexity index is 1170. The molecule has 1 N–H and O–H groups in total. The van der Waals surface area contributed by atoms with Crippen LogP contribution >= 0.6 is 0 Å². The van der Waals surface area contributed by atoms with Gasteiger partial charge in [0.25, 0.3) is 0 Å². The first-order chi connectivity index (χ1) is 15.6. The Labute approximate surface area is 195 Å². The lowest BCUT2D eigenvalue weighted by molar-refractivity contribution is -0.120. The van der Waals surface area contributed by atoms with Crippen molar-refractivity contribution in [3.8, 4) is 0 Å². The SMILES string of the molecule is CC(C)c1ccc(NC(=O)CN(C)S(=O)(=O)c2ccc3c(c2)CC(C)N3C(=O)C2CC2)cc1. The lowest BCUT2D eigenvalue weighted by Crippen LogP contribution is -2.36. The second-order valence-electron chi connectivity index (χ2n) is 9.41. The Balaban J connectivity index is 1.45. The molecule has 2 aromatic carbocycles. The smallest absolute Gasteiger partial charge is 0.243 e. The van der Waals surface area contributed by atoms with Gasteiger partial charge in [-0.1, -0.05) is 26.0 Å². The molecular weight excluding hydrogens is 438 g/mol. The molecule has 33 heavy (non-hydrogen) atoms. The Morgan fingerprint density at radius 3 is 2.39 bits per heavy atom. The maximum Gasteiger partial charge on any atom is 0.243 e. The Kier molecular flexibility index (Phi) is 6.33. The molecule has 2 aromatic rings. The first kappa shape index (κ1) is 23.4. The van der Waals surface area contributed by atoms with E-state index in [0.29, 0.717) is 18.0 Å². The molecule has 0 bridgehead atoms. The summed E-state index contributed by atoms with van der Waals surface area (Å²) >= 11 is 0. The van der Waals surface area contributed by atoms with Crippen molar-refractivity contribution in [2.75, 3.05) is 23.8 Å². The third kappa shape index (κ3) is 4.82. The molecule has 1 unspecified atom stereocenters. The van der Waals surface area contributed by atoms with Crippen LogP contribution in [-0.4, -0.2) is 44.2 Å². The number of fused-ring (bicyclic) bond motifs is 1. The van der Waals surface area contributed by atoms with Crippen LogP contribution in [0.4, 0.5) is 11.4 Å². The summed E-state index contributed by atoms with van der Waals surface area (Å²) in [7, 11) is -2.46. The number of amides is 2. The summed E-state index contributed by atoms with van der Waals surface area (Å²) in [5.41, 5.74) is 3.43. The Hall–Kier alpha value is -2.71. The lowest BCUT2D eigenvalue weighted by Gasteiger charge is -2.23. The van der Waals surface area contributed by atoms with Gasteiger partial charge in [0, 0.05) is 30.4 Å². The zero-order valence-corrected chi connectivity index (χ0v) is 20.4. The van der Waals surface area contributed by atoms with Crippen LogP contribution in [0.2, 0.25) is 0 Å². The van der Waals surface area contributed by atoms with E-state index in [1.54, 1.807) is 12.1 Å². The zero-order valence-electron chi connectivity index (χ0n) is 19.5. The van der Waals surface area contributed by atoms with Gasteiger partial charge in [0.1, 0.15) is 0 Å². The third-order valence-electron chi connectivity index (χ3n) is 6.37. The molecule has 1 fully saturated rings. The first-order valence-corrected chi connectivity index (χ1v) is 12.8. The summed E-state index contributed by atoms with van der Waals surface area (Å²) in [4.78, 5) is 27.1. The van der Waals surface area contributed by atoms with E-state index in [-0.39, 0.29) is 29.3 Å². The third-order valence-corrected chi connectivity index (χ3v) is 8.17. The van der Waals surface area contributed by atoms with Crippen LogP contribution in [0.1, 0.15) is 50.7 Å². The molecule has 1 atom stereocenters.